The van der Waals surface area contributed by atoms with Gasteiger partial charge >= 0.3 is 0 Å². The van der Waals surface area contributed by atoms with Crippen LogP contribution in [0.1, 0.15) is 27.2 Å². The molecule has 0 heterocycles. The van der Waals surface area contributed by atoms with E-state index in [0.29, 0.717) is 6.42 Å². The minimum Gasteiger partial charge on any atom is -0.482 e. The summed E-state index contributed by atoms with van der Waals surface area (Å²) in [4.78, 5) is 10.7. The van der Waals surface area contributed by atoms with Gasteiger partial charge in [-0.3, -0.25) is 4.79 Å². The number of nitrogens with one attached hydrogen (secondary N) is 1. The molecule has 0 amide bonds. The van der Waals surface area contributed by atoms with Crippen LogP contribution >= 0.6 is 0 Å². The minimum absolute atomic E-state index is 0.0156. The Kier molecular flexibility index (Phi) is 4.31. The maximum absolute atomic E-state index is 10.7. The van der Waals surface area contributed by atoms with Gasteiger partial charge in [-0.1, -0.05) is 0 Å². The molecular formula is C8H20B3NO2. The van der Waals surface area contributed by atoms with E-state index in [1.54, 1.807) is 7.85 Å². The van der Waals surface area contributed by atoms with Crippen molar-refractivity contribution in [1.29, 1.82) is 0 Å². The molecule has 0 aliphatic rings. The quantitative estimate of drug-likeness (QED) is 0.519. The maximum atomic E-state index is 10.7. The van der Waals surface area contributed by atoms with Crippen LogP contribution in [0.2, 0.25) is 5.82 Å². The van der Waals surface area contributed by atoms with Crippen molar-refractivity contribution >= 4 is 29.5 Å². The third-order valence-electron chi connectivity index (χ3n) is 1.95. The largest absolute Gasteiger partial charge is 0.482 e. The second-order valence-corrected chi connectivity index (χ2v) is 5.70. The molecule has 1 atom stereocenters. The summed E-state index contributed by atoms with van der Waals surface area (Å²) in [6.07, 6.45) is 0.638. The van der Waals surface area contributed by atoms with Crippen LogP contribution in [0, 0.1) is 0 Å². The van der Waals surface area contributed by atoms with E-state index in [0.717, 1.165) is 0 Å². The van der Waals surface area contributed by atoms with Crippen molar-refractivity contribution in [3.05, 3.63) is 0 Å². The molecule has 0 aliphatic carbocycles. The Bertz CT molecular complexity index is 213. The molecule has 78 valence electrons. The lowest BCUT2D eigenvalue weighted by Crippen LogP contribution is -2.56. The molecule has 0 saturated heterocycles. The normalized spacial score (nSPS) is 15.1. The molecule has 0 bridgehead atoms. The van der Waals surface area contributed by atoms with Crippen LogP contribution in [0.15, 0.2) is 0 Å². The van der Waals surface area contributed by atoms with E-state index in [1.807, 2.05) is 15.7 Å². The van der Waals surface area contributed by atoms with Gasteiger partial charge in [0.25, 0.3) is 5.97 Å². The maximum Gasteiger partial charge on any atom is 0.298 e. The summed E-state index contributed by atoms with van der Waals surface area (Å²) in [5.74, 6) is -1.03. The first kappa shape index (κ1) is 13.6. The van der Waals surface area contributed by atoms with Crippen LogP contribution in [0.5, 0.6) is 0 Å². The summed E-state index contributed by atoms with van der Waals surface area (Å²) in [6.45, 7) is 6.25. The lowest BCUT2D eigenvalue weighted by molar-refractivity contribution is -0.137. The van der Waals surface area contributed by atoms with Crippen LogP contribution in [0.4, 0.5) is 0 Å². The van der Waals surface area contributed by atoms with Crippen LogP contribution in [-0.4, -0.2) is 45.5 Å². The summed E-state index contributed by atoms with van der Waals surface area (Å²) in [5.41, 5.74) is 0.0156. The van der Waals surface area contributed by atoms with Gasteiger partial charge in [0.05, 0.1) is 0 Å². The van der Waals surface area contributed by atoms with E-state index in [-0.39, 0.29) is 16.7 Å². The second kappa shape index (κ2) is 4.43. The minimum atomic E-state index is -0.728. The third kappa shape index (κ3) is 6.14. The van der Waals surface area contributed by atoms with Crippen molar-refractivity contribution < 1.29 is 9.90 Å². The number of carbonyl (C=O) groups is 1. The van der Waals surface area contributed by atoms with Gasteiger partial charge in [-0.15, -0.1) is 0 Å². The Morgan fingerprint density at radius 1 is 1.43 bits per heavy atom. The van der Waals surface area contributed by atoms with Gasteiger partial charge in [0.1, 0.15) is 23.5 Å². The number of hydrogen-bond donors (Lipinski definition) is 2. The molecule has 14 heavy (non-hydrogen) atoms. The van der Waals surface area contributed by atoms with E-state index in [1.165, 1.54) is 0 Å². The van der Waals surface area contributed by atoms with Gasteiger partial charge in [0.2, 0.25) is 0 Å². The van der Waals surface area contributed by atoms with Gasteiger partial charge in [-0.05, 0) is 32.5 Å². The topological polar surface area (TPSA) is 49.3 Å². The van der Waals surface area contributed by atoms with Gasteiger partial charge in [-0.25, -0.2) is 0 Å². The zero-order valence-corrected chi connectivity index (χ0v) is 10.1. The molecule has 0 rings (SSSR count). The SMILES string of the molecule is BC(CC(B)(B)NC(C)(C)C)C(=O)O. The smallest absolute Gasteiger partial charge is 0.298 e. The Morgan fingerprint density at radius 2 is 1.86 bits per heavy atom. The summed E-state index contributed by atoms with van der Waals surface area (Å²) in [7, 11) is 5.82. The lowest BCUT2D eigenvalue weighted by Gasteiger charge is -2.36. The molecule has 0 aromatic rings. The fraction of sp³-hybridized carbons (Fsp3) is 0.875. The molecule has 1 unspecified atom stereocenters. The molecule has 3 nitrogen and oxygen atoms in total. The Morgan fingerprint density at radius 3 is 2.14 bits per heavy atom. The van der Waals surface area contributed by atoms with Crippen molar-refractivity contribution in [3.8, 4) is 0 Å². The van der Waals surface area contributed by atoms with E-state index in [4.69, 9.17) is 5.11 Å². The van der Waals surface area contributed by atoms with Gasteiger partial charge < -0.3 is 10.4 Å². The van der Waals surface area contributed by atoms with Crippen LogP contribution in [0.25, 0.3) is 0 Å². The molecule has 0 fully saturated rings. The number of carboxylic acid groups (broad SMARTS) is 1. The summed E-state index contributed by atoms with van der Waals surface area (Å²) < 4.78 is 0. The molecular weight excluding hydrogens is 175 g/mol. The third-order valence-corrected chi connectivity index (χ3v) is 1.95. The van der Waals surface area contributed by atoms with Gasteiger partial charge in [0.15, 0.2) is 0 Å². The molecule has 0 saturated carbocycles. The van der Waals surface area contributed by atoms with Crippen molar-refractivity contribution in [1.82, 2.24) is 5.32 Å². The van der Waals surface area contributed by atoms with Gasteiger partial charge in [-0.2, -0.15) is 0 Å². The van der Waals surface area contributed by atoms with E-state index in [9.17, 15) is 4.79 Å². The molecule has 2 N–H and O–H groups in total. The highest BCUT2D eigenvalue weighted by Gasteiger charge is 2.27. The first-order valence-corrected chi connectivity index (χ1v) is 5.06. The average Bonchev–Trinajstić information content (AvgIpc) is 1.78. The molecule has 0 spiro atoms. The Hall–Kier alpha value is -0.375. The molecule has 0 aliphatic heterocycles. The zero-order chi connectivity index (χ0) is 11.6. The monoisotopic (exact) mass is 195 g/mol. The highest BCUT2D eigenvalue weighted by Crippen LogP contribution is 2.16. The first-order chi connectivity index (χ1) is 6.03. The summed E-state index contributed by atoms with van der Waals surface area (Å²) in [6, 6.07) is 0. The summed E-state index contributed by atoms with van der Waals surface area (Å²) in [5, 5.41) is 12.1. The number of aliphatic carboxylic acids is 1. The highest BCUT2D eigenvalue weighted by atomic mass is 16.4. The van der Waals surface area contributed by atoms with Crippen LogP contribution in [0.3, 0.4) is 0 Å². The van der Waals surface area contributed by atoms with Gasteiger partial charge in [0, 0.05) is 11.4 Å². The fourth-order valence-electron chi connectivity index (χ4n) is 1.92. The molecule has 6 heteroatoms. The predicted octanol–water partition coefficient (Wildman–Crippen LogP) is -1.81. The first-order valence-electron chi connectivity index (χ1n) is 5.06. The van der Waals surface area contributed by atoms with Crippen molar-refractivity contribution in [3.63, 3.8) is 0 Å². The van der Waals surface area contributed by atoms with E-state index < -0.39 is 5.97 Å². The lowest BCUT2D eigenvalue weighted by atomic mass is 9.55. The number of carboxylic acids is 1. The average molecular weight is 195 g/mol. The molecule has 0 aromatic carbocycles. The summed E-state index contributed by atoms with van der Waals surface area (Å²) >= 11 is 0. The van der Waals surface area contributed by atoms with Crippen molar-refractivity contribution in [2.45, 2.75) is 43.9 Å². The number of rotatable bonds is 4. The fourth-order valence-corrected chi connectivity index (χ4v) is 1.92. The second-order valence-electron chi connectivity index (χ2n) is 5.70. The highest BCUT2D eigenvalue weighted by molar-refractivity contribution is 6.40. The van der Waals surface area contributed by atoms with Crippen LogP contribution < -0.4 is 5.32 Å². The predicted molar refractivity (Wildman–Crippen MR) is 67.3 cm³/mol. The zero-order valence-electron chi connectivity index (χ0n) is 10.1. The van der Waals surface area contributed by atoms with Crippen LogP contribution in [-0.2, 0) is 4.79 Å². The molecule has 0 radical (unpaired) electrons. The number of hydrogen-bond acceptors (Lipinski definition) is 2. The molecule has 0 aromatic heterocycles. The van der Waals surface area contributed by atoms with E-state index in [2.05, 4.69) is 26.1 Å². The Labute approximate surface area is 89.3 Å². The Balaban J connectivity index is 4.27. The van der Waals surface area contributed by atoms with Crippen molar-refractivity contribution in [2.75, 3.05) is 0 Å². The van der Waals surface area contributed by atoms with E-state index >= 15 is 0 Å². The standard InChI is InChI=1S/C8H20B3NO2/c1-7(2,3)12-8(10,11)4-5(9)6(13)14/h5,12H,4,9-11H2,1-3H3,(H,13,14). The van der Waals surface area contributed by atoms with Crippen molar-refractivity contribution in [2.24, 2.45) is 0 Å².